The number of halogens is 1. The van der Waals surface area contributed by atoms with Crippen molar-refractivity contribution in [1.82, 2.24) is 29.3 Å². The molecule has 11 heteroatoms. The number of fused-ring (bicyclic) bond motifs is 2. The molecule has 0 bridgehead atoms. The predicted molar refractivity (Wildman–Crippen MR) is 145 cm³/mol. The third kappa shape index (κ3) is 4.79. The van der Waals surface area contributed by atoms with Gasteiger partial charge >= 0.3 is 6.01 Å². The monoisotopic (exact) mass is 542 g/mol. The first-order valence-electron chi connectivity index (χ1n) is 13.5. The lowest BCUT2D eigenvalue weighted by molar-refractivity contribution is -0.131. The van der Waals surface area contributed by atoms with Gasteiger partial charge in [-0.3, -0.25) is 9.69 Å². The fraction of sp³-hybridized carbons (Fsp3) is 0.414. The molecule has 0 spiro atoms. The van der Waals surface area contributed by atoms with E-state index in [2.05, 4.69) is 51.7 Å². The largest absolute Gasteiger partial charge is 0.457 e. The first-order valence-corrected chi connectivity index (χ1v) is 13.5. The van der Waals surface area contributed by atoms with Crippen LogP contribution in [0.15, 0.2) is 49.2 Å². The number of rotatable bonds is 7. The van der Waals surface area contributed by atoms with Gasteiger partial charge in [-0.1, -0.05) is 30.8 Å². The number of carbonyl (C=O) groups is 1. The lowest BCUT2D eigenvalue weighted by atomic mass is 10.1. The van der Waals surface area contributed by atoms with Crippen LogP contribution in [0.4, 0.5) is 10.2 Å². The van der Waals surface area contributed by atoms with Crippen molar-refractivity contribution in [2.75, 3.05) is 24.5 Å². The van der Waals surface area contributed by atoms with Crippen LogP contribution in [0.25, 0.3) is 0 Å². The second kappa shape index (κ2) is 10.7. The minimum absolute atomic E-state index is 0.0810. The summed E-state index contributed by atoms with van der Waals surface area (Å²) in [6, 6.07) is 10.8. The average molecular weight is 543 g/mol. The van der Waals surface area contributed by atoms with Crippen LogP contribution >= 0.6 is 0 Å². The number of ether oxygens (including phenoxy) is 1. The molecule has 40 heavy (non-hydrogen) atoms. The molecule has 3 aliphatic rings. The molecule has 0 radical (unpaired) electrons. The summed E-state index contributed by atoms with van der Waals surface area (Å²) in [5, 5.41) is 9.45. The van der Waals surface area contributed by atoms with Gasteiger partial charge in [0.15, 0.2) is 5.83 Å². The van der Waals surface area contributed by atoms with Crippen molar-refractivity contribution >= 4 is 11.7 Å². The highest BCUT2D eigenvalue weighted by Gasteiger charge is 2.38. The molecule has 0 saturated carbocycles. The van der Waals surface area contributed by atoms with Crippen molar-refractivity contribution < 1.29 is 13.9 Å². The van der Waals surface area contributed by atoms with Crippen LogP contribution in [-0.4, -0.2) is 60.9 Å². The summed E-state index contributed by atoms with van der Waals surface area (Å²) in [6.07, 6.45) is 5.65. The Bertz CT molecular complexity index is 1500. The average Bonchev–Trinajstić information content (AvgIpc) is 3.69. The van der Waals surface area contributed by atoms with Gasteiger partial charge in [0.25, 0.3) is 5.91 Å². The van der Waals surface area contributed by atoms with Crippen LogP contribution in [0.5, 0.6) is 6.01 Å². The molecule has 10 nitrogen and oxygen atoms in total. The van der Waals surface area contributed by atoms with Crippen molar-refractivity contribution in [3.8, 4) is 12.1 Å². The normalized spacial score (nSPS) is 20.2. The first-order chi connectivity index (χ1) is 19.4. The number of hydrogen-bond acceptors (Lipinski definition) is 8. The zero-order chi connectivity index (χ0) is 27.8. The van der Waals surface area contributed by atoms with Crippen molar-refractivity contribution in [3.05, 3.63) is 77.3 Å². The van der Waals surface area contributed by atoms with Gasteiger partial charge in [-0.2, -0.15) is 15.2 Å². The van der Waals surface area contributed by atoms with E-state index in [0.29, 0.717) is 32.2 Å². The third-order valence-corrected chi connectivity index (χ3v) is 8.17. The second-order valence-corrected chi connectivity index (χ2v) is 10.6. The lowest BCUT2D eigenvalue weighted by Gasteiger charge is -2.41. The molecule has 3 aromatic rings. The van der Waals surface area contributed by atoms with Gasteiger partial charge in [0, 0.05) is 51.4 Å². The van der Waals surface area contributed by atoms with Crippen LogP contribution in [-0.2, 0) is 38.0 Å². The molecule has 2 aliphatic heterocycles. The van der Waals surface area contributed by atoms with Crippen molar-refractivity contribution in [1.29, 1.82) is 5.26 Å². The molecule has 0 N–H and O–H groups in total. The van der Waals surface area contributed by atoms with Gasteiger partial charge in [-0.15, -0.1) is 0 Å². The summed E-state index contributed by atoms with van der Waals surface area (Å²) in [6.45, 7) is 5.86. The van der Waals surface area contributed by atoms with Gasteiger partial charge in [-0.25, -0.2) is 9.37 Å². The smallest absolute Gasteiger partial charge is 0.319 e. The quantitative estimate of drug-likeness (QED) is 0.420. The minimum Gasteiger partial charge on any atom is -0.457 e. The van der Waals surface area contributed by atoms with E-state index >= 15 is 0 Å². The molecule has 1 amide bonds. The molecule has 1 saturated heterocycles. The Morgan fingerprint density at radius 3 is 2.88 bits per heavy atom. The summed E-state index contributed by atoms with van der Waals surface area (Å²) in [4.78, 5) is 32.2. The molecule has 2 atom stereocenters. The maximum atomic E-state index is 13.7. The number of hydrogen-bond donors (Lipinski definition) is 0. The zero-order valence-corrected chi connectivity index (χ0v) is 22.5. The Morgan fingerprint density at radius 2 is 2.10 bits per heavy atom. The minimum atomic E-state index is -1.02. The highest BCUT2D eigenvalue weighted by atomic mass is 19.1. The zero-order valence-electron chi connectivity index (χ0n) is 22.5. The highest BCUT2D eigenvalue weighted by molar-refractivity contribution is 5.91. The number of nitriles is 1. The van der Waals surface area contributed by atoms with E-state index in [9.17, 15) is 14.4 Å². The Hall–Kier alpha value is -4.30. The molecule has 1 aliphatic carbocycles. The van der Waals surface area contributed by atoms with E-state index in [4.69, 9.17) is 14.7 Å². The molecule has 6 rings (SSSR count). The fourth-order valence-electron chi connectivity index (χ4n) is 6.11. The number of nitrogens with zero attached hydrogens (tertiary/aromatic N) is 8. The van der Waals surface area contributed by atoms with Gasteiger partial charge in [0.1, 0.15) is 12.4 Å². The van der Waals surface area contributed by atoms with E-state index in [1.807, 2.05) is 11.6 Å². The van der Waals surface area contributed by atoms with E-state index in [1.54, 1.807) is 12.5 Å². The van der Waals surface area contributed by atoms with Gasteiger partial charge in [0.2, 0.25) is 0 Å². The van der Waals surface area contributed by atoms with Crippen LogP contribution in [0, 0.1) is 11.3 Å². The van der Waals surface area contributed by atoms with Crippen molar-refractivity contribution in [2.45, 2.75) is 51.0 Å². The topological polar surface area (TPSA) is 103 Å². The summed E-state index contributed by atoms with van der Waals surface area (Å²) < 4.78 is 21.7. The summed E-state index contributed by atoms with van der Waals surface area (Å²) in [5.74, 6) is -1.04. The van der Waals surface area contributed by atoms with Crippen LogP contribution < -0.4 is 9.64 Å². The molecule has 4 heterocycles. The van der Waals surface area contributed by atoms with Crippen LogP contribution in [0.2, 0.25) is 0 Å². The Balaban J connectivity index is 1.31. The predicted octanol–water partition coefficient (Wildman–Crippen LogP) is 3.21. The van der Waals surface area contributed by atoms with Crippen molar-refractivity contribution in [2.24, 2.45) is 7.05 Å². The summed E-state index contributed by atoms with van der Waals surface area (Å²) in [7, 11) is 1.90. The third-order valence-electron chi connectivity index (χ3n) is 8.17. The van der Waals surface area contributed by atoms with Gasteiger partial charge in [-0.05, 0) is 24.0 Å². The molecule has 2 aromatic heterocycles. The van der Waals surface area contributed by atoms with E-state index in [1.165, 1.54) is 16.0 Å². The SMILES string of the molecule is C=C(F)C(=O)N1CCN(c2nc(OCc3cncn3C)nc3c2CN(C2CCc4ccccc42)C3)C[C@@H]1CC#N. The number of aromatic nitrogens is 4. The van der Waals surface area contributed by atoms with Gasteiger partial charge in [0.05, 0.1) is 42.4 Å². The van der Waals surface area contributed by atoms with E-state index < -0.39 is 17.8 Å². The molecule has 1 unspecified atom stereocenters. The maximum Gasteiger partial charge on any atom is 0.319 e. The van der Waals surface area contributed by atoms with E-state index in [-0.39, 0.29) is 25.6 Å². The molecule has 1 fully saturated rings. The molecular formula is C29H31FN8O2. The molecule has 1 aromatic carbocycles. The maximum absolute atomic E-state index is 13.7. The Morgan fingerprint density at radius 1 is 1.25 bits per heavy atom. The summed E-state index contributed by atoms with van der Waals surface area (Å²) >= 11 is 0. The van der Waals surface area contributed by atoms with Crippen LogP contribution in [0.1, 0.15) is 47.0 Å². The fourth-order valence-corrected chi connectivity index (χ4v) is 6.11. The van der Waals surface area contributed by atoms with Crippen LogP contribution in [0.3, 0.4) is 0 Å². The number of benzene rings is 1. The number of imidazole rings is 1. The number of anilines is 1. The van der Waals surface area contributed by atoms with Gasteiger partial charge < -0.3 is 19.1 Å². The Kier molecular flexibility index (Phi) is 6.94. The number of amides is 1. The molecule has 206 valence electrons. The summed E-state index contributed by atoms with van der Waals surface area (Å²) in [5.41, 5.74) is 5.60. The number of piperazine rings is 1. The Labute approximate surface area is 232 Å². The number of aryl methyl sites for hydroxylation is 2. The van der Waals surface area contributed by atoms with E-state index in [0.717, 1.165) is 35.6 Å². The highest BCUT2D eigenvalue weighted by Crippen LogP contribution is 2.42. The number of carbonyl (C=O) groups excluding carboxylic acids is 1. The van der Waals surface area contributed by atoms with Crippen molar-refractivity contribution in [3.63, 3.8) is 0 Å². The second-order valence-electron chi connectivity index (χ2n) is 10.6. The first kappa shape index (κ1) is 26.0. The standard InChI is InChI=1S/C29H31FN8O2/c1-19(30)28(39)38-12-11-36(14-21(38)9-10-31)27-24-15-37(26-8-7-20-5-3-4-6-23(20)26)16-25(24)33-29(34-27)40-17-22-13-32-18-35(22)2/h3-6,13,18,21,26H,1,7-9,11-12,14-17H2,2H3/t21-,26?/m0/s1. The lowest BCUT2D eigenvalue weighted by Crippen LogP contribution is -2.55. The molecular weight excluding hydrogens is 511 g/mol.